The second-order valence-corrected chi connectivity index (χ2v) is 2.95. The van der Waals surface area contributed by atoms with Crippen LogP contribution in [-0.2, 0) is 0 Å². The van der Waals surface area contributed by atoms with E-state index in [1.165, 1.54) is 0 Å². The Morgan fingerprint density at radius 2 is 2.15 bits per heavy atom. The molecule has 0 unspecified atom stereocenters. The fourth-order valence-electron chi connectivity index (χ4n) is 1.43. The molecule has 0 bridgehead atoms. The molecule has 1 aromatic rings. The highest BCUT2D eigenvalue weighted by Crippen LogP contribution is 2.34. The van der Waals surface area contributed by atoms with Gasteiger partial charge < -0.3 is 9.84 Å². The quantitative estimate of drug-likeness (QED) is 0.669. The van der Waals surface area contributed by atoms with Crippen LogP contribution in [0.1, 0.15) is 18.1 Å². The molecule has 0 radical (unpaired) electrons. The molecule has 4 heteroatoms. The van der Waals surface area contributed by atoms with Crippen molar-refractivity contribution < 1.29 is 18.6 Å². The lowest BCUT2D eigenvalue weighted by molar-refractivity contribution is 0.110. The number of ether oxygens (including phenoxy) is 1. The molecule has 1 aliphatic rings. The standard InChI is InChI=1S/C9H8F2O2/c10-5-3-6(11)9-7(12)1-2-13-8(9)4-5/h3-4,7,12H,1-2H2/t7-/m0/s1. The molecular formula is C9H8F2O2. The first kappa shape index (κ1) is 8.44. The van der Waals surface area contributed by atoms with Gasteiger partial charge in [-0.3, -0.25) is 0 Å². The molecule has 1 aromatic carbocycles. The van der Waals surface area contributed by atoms with Gasteiger partial charge in [-0.05, 0) is 0 Å². The Morgan fingerprint density at radius 1 is 1.38 bits per heavy atom. The van der Waals surface area contributed by atoms with Crippen LogP contribution in [0.4, 0.5) is 8.78 Å². The number of rotatable bonds is 0. The third-order valence-electron chi connectivity index (χ3n) is 2.04. The summed E-state index contributed by atoms with van der Waals surface area (Å²) in [6, 6.07) is 1.83. The Morgan fingerprint density at radius 3 is 2.92 bits per heavy atom. The largest absolute Gasteiger partial charge is 0.493 e. The van der Waals surface area contributed by atoms with E-state index in [1.54, 1.807) is 0 Å². The summed E-state index contributed by atoms with van der Waals surface area (Å²) in [4.78, 5) is 0. The van der Waals surface area contributed by atoms with Crippen molar-refractivity contribution in [2.24, 2.45) is 0 Å². The highest BCUT2D eigenvalue weighted by Gasteiger charge is 2.23. The van der Waals surface area contributed by atoms with Crippen molar-refractivity contribution in [1.29, 1.82) is 0 Å². The Labute approximate surface area is 73.8 Å². The molecule has 2 nitrogen and oxygen atoms in total. The van der Waals surface area contributed by atoms with Crippen LogP contribution < -0.4 is 4.74 Å². The Kier molecular flexibility index (Phi) is 1.92. The summed E-state index contributed by atoms with van der Waals surface area (Å²) in [6.07, 6.45) is -0.542. The van der Waals surface area contributed by atoms with Crippen LogP contribution in [0.3, 0.4) is 0 Å². The van der Waals surface area contributed by atoms with Crippen LogP contribution in [0.2, 0.25) is 0 Å². The zero-order valence-corrected chi connectivity index (χ0v) is 6.76. The van der Waals surface area contributed by atoms with E-state index in [1.807, 2.05) is 0 Å². The van der Waals surface area contributed by atoms with Crippen molar-refractivity contribution >= 4 is 0 Å². The lowest BCUT2D eigenvalue weighted by atomic mass is 10.0. The number of hydrogen-bond acceptors (Lipinski definition) is 2. The molecular weight excluding hydrogens is 178 g/mol. The van der Waals surface area contributed by atoms with E-state index >= 15 is 0 Å². The Balaban J connectivity index is 2.56. The predicted molar refractivity (Wildman–Crippen MR) is 41.4 cm³/mol. The maximum absolute atomic E-state index is 13.1. The zero-order chi connectivity index (χ0) is 9.42. The van der Waals surface area contributed by atoms with Crippen molar-refractivity contribution in [1.82, 2.24) is 0 Å². The summed E-state index contributed by atoms with van der Waals surface area (Å²) >= 11 is 0. The summed E-state index contributed by atoms with van der Waals surface area (Å²) < 4.78 is 30.8. The van der Waals surface area contributed by atoms with Crippen molar-refractivity contribution in [3.05, 3.63) is 29.3 Å². The van der Waals surface area contributed by atoms with E-state index in [9.17, 15) is 13.9 Å². The third-order valence-corrected chi connectivity index (χ3v) is 2.04. The van der Waals surface area contributed by atoms with Crippen molar-refractivity contribution in [2.75, 3.05) is 6.61 Å². The number of hydrogen-bond donors (Lipinski definition) is 1. The van der Waals surface area contributed by atoms with Gasteiger partial charge in [0.25, 0.3) is 0 Å². The van der Waals surface area contributed by atoms with Gasteiger partial charge in [0.05, 0.1) is 18.3 Å². The molecule has 0 spiro atoms. The first-order valence-electron chi connectivity index (χ1n) is 3.98. The minimum Gasteiger partial charge on any atom is -0.493 e. The summed E-state index contributed by atoms with van der Waals surface area (Å²) in [5.74, 6) is -1.33. The first-order chi connectivity index (χ1) is 6.18. The summed E-state index contributed by atoms with van der Waals surface area (Å²) in [7, 11) is 0. The maximum atomic E-state index is 13.1. The number of benzene rings is 1. The van der Waals surface area contributed by atoms with Gasteiger partial charge in [-0.15, -0.1) is 0 Å². The average molecular weight is 186 g/mol. The molecule has 1 N–H and O–H groups in total. The average Bonchev–Trinajstić information content (AvgIpc) is 2.02. The molecule has 0 saturated carbocycles. The lowest BCUT2D eigenvalue weighted by Gasteiger charge is -2.22. The smallest absolute Gasteiger partial charge is 0.135 e. The Bertz CT molecular complexity index is 339. The molecule has 0 aliphatic carbocycles. The van der Waals surface area contributed by atoms with E-state index in [0.717, 1.165) is 12.1 Å². The highest BCUT2D eigenvalue weighted by atomic mass is 19.1. The van der Waals surface area contributed by atoms with Crippen LogP contribution in [0.15, 0.2) is 12.1 Å². The van der Waals surface area contributed by atoms with Crippen LogP contribution in [0.25, 0.3) is 0 Å². The second kappa shape index (κ2) is 2.96. The molecule has 1 atom stereocenters. The van der Waals surface area contributed by atoms with Crippen LogP contribution in [-0.4, -0.2) is 11.7 Å². The number of aliphatic hydroxyl groups excluding tert-OH is 1. The normalized spacial score (nSPS) is 20.7. The predicted octanol–water partition coefficient (Wildman–Crippen LogP) is 1.78. The van der Waals surface area contributed by atoms with Gasteiger partial charge in [0.2, 0.25) is 0 Å². The molecule has 0 amide bonds. The van der Waals surface area contributed by atoms with E-state index in [-0.39, 0.29) is 17.9 Å². The first-order valence-corrected chi connectivity index (χ1v) is 3.98. The summed E-state index contributed by atoms with van der Waals surface area (Å²) in [5.41, 5.74) is 0.0626. The lowest BCUT2D eigenvalue weighted by Crippen LogP contribution is -2.15. The van der Waals surface area contributed by atoms with Gasteiger partial charge in [0.15, 0.2) is 0 Å². The van der Waals surface area contributed by atoms with Crippen LogP contribution in [0, 0.1) is 11.6 Å². The third kappa shape index (κ3) is 1.37. The molecule has 0 saturated heterocycles. The Hall–Kier alpha value is -1.16. The number of fused-ring (bicyclic) bond motifs is 1. The second-order valence-electron chi connectivity index (χ2n) is 2.95. The molecule has 1 aliphatic heterocycles. The minimum atomic E-state index is -0.885. The fourth-order valence-corrected chi connectivity index (χ4v) is 1.43. The molecule has 70 valence electrons. The van der Waals surface area contributed by atoms with Crippen molar-refractivity contribution in [3.8, 4) is 5.75 Å². The maximum Gasteiger partial charge on any atom is 0.135 e. The van der Waals surface area contributed by atoms with E-state index in [2.05, 4.69) is 0 Å². The van der Waals surface area contributed by atoms with Gasteiger partial charge in [0, 0.05) is 18.6 Å². The zero-order valence-electron chi connectivity index (χ0n) is 6.76. The number of aliphatic hydroxyl groups is 1. The SMILES string of the molecule is O[C@H]1CCOc2cc(F)cc(F)c21. The molecule has 0 aromatic heterocycles. The van der Waals surface area contributed by atoms with E-state index < -0.39 is 17.7 Å². The van der Waals surface area contributed by atoms with Crippen molar-refractivity contribution in [2.45, 2.75) is 12.5 Å². The van der Waals surface area contributed by atoms with Crippen LogP contribution in [0.5, 0.6) is 5.75 Å². The molecule has 0 fully saturated rings. The monoisotopic (exact) mass is 186 g/mol. The van der Waals surface area contributed by atoms with Gasteiger partial charge >= 0.3 is 0 Å². The van der Waals surface area contributed by atoms with Gasteiger partial charge in [-0.1, -0.05) is 0 Å². The van der Waals surface area contributed by atoms with Gasteiger partial charge in [-0.25, -0.2) is 8.78 Å². The van der Waals surface area contributed by atoms with Crippen LogP contribution >= 0.6 is 0 Å². The molecule has 13 heavy (non-hydrogen) atoms. The van der Waals surface area contributed by atoms with Crippen molar-refractivity contribution in [3.63, 3.8) is 0 Å². The van der Waals surface area contributed by atoms with E-state index in [4.69, 9.17) is 4.74 Å². The summed E-state index contributed by atoms with van der Waals surface area (Å²) in [5, 5.41) is 9.39. The topological polar surface area (TPSA) is 29.5 Å². The fraction of sp³-hybridized carbons (Fsp3) is 0.333. The van der Waals surface area contributed by atoms with E-state index in [0.29, 0.717) is 6.42 Å². The highest BCUT2D eigenvalue weighted by molar-refractivity contribution is 5.38. The molecule has 1 heterocycles. The minimum absolute atomic E-state index is 0.0626. The van der Waals surface area contributed by atoms with Gasteiger partial charge in [0.1, 0.15) is 17.4 Å². The summed E-state index contributed by atoms with van der Waals surface area (Å²) in [6.45, 7) is 0.289. The molecule has 2 rings (SSSR count). The van der Waals surface area contributed by atoms with Gasteiger partial charge in [-0.2, -0.15) is 0 Å². The number of halogens is 2.